The van der Waals surface area contributed by atoms with E-state index in [0.29, 0.717) is 11.4 Å². The molecule has 0 saturated heterocycles. The molecule has 1 aromatic carbocycles. The summed E-state index contributed by atoms with van der Waals surface area (Å²) in [6.07, 6.45) is 1.86. The summed E-state index contributed by atoms with van der Waals surface area (Å²) in [7, 11) is 0. The smallest absolute Gasteiger partial charge is 0.357 e. The number of fused-ring (bicyclic) bond motifs is 1. The van der Waals surface area contributed by atoms with Gasteiger partial charge in [-0.05, 0) is 56.5 Å². The van der Waals surface area contributed by atoms with Crippen LogP contribution in [-0.2, 0) is 11.3 Å². The summed E-state index contributed by atoms with van der Waals surface area (Å²) in [6.45, 7) is 8.17. The lowest BCUT2D eigenvalue weighted by molar-refractivity contribution is 0.0463. The van der Waals surface area contributed by atoms with Crippen LogP contribution in [0, 0.1) is 27.7 Å². The minimum absolute atomic E-state index is 0.267. The molecule has 2 aromatic heterocycles. The van der Waals surface area contributed by atoms with Gasteiger partial charge in [0, 0.05) is 6.20 Å². The second-order valence-corrected chi connectivity index (χ2v) is 5.98. The van der Waals surface area contributed by atoms with Gasteiger partial charge in [0.25, 0.3) is 0 Å². The number of pyridine rings is 1. The molecule has 0 spiro atoms. The SMILES string of the molecule is Cc1ccc(COC(=O)c2c(C)nc3cc(C)ccn23)c(C)c1. The Balaban J connectivity index is 1.85. The number of hydrogen-bond donors (Lipinski definition) is 0. The van der Waals surface area contributed by atoms with Gasteiger partial charge in [-0.3, -0.25) is 4.40 Å². The van der Waals surface area contributed by atoms with Crippen molar-refractivity contribution < 1.29 is 9.53 Å². The fourth-order valence-electron chi connectivity index (χ4n) is 2.73. The Bertz CT molecular complexity index is 894. The third-order valence-electron chi connectivity index (χ3n) is 4.01. The molecule has 0 unspecified atom stereocenters. The Hall–Kier alpha value is -2.62. The van der Waals surface area contributed by atoms with E-state index < -0.39 is 0 Å². The maximum Gasteiger partial charge on any atom is 0.357 e. The van der Waals surface area contributed by atoms with Gasteiger partial charge >= 0.3 is 5.97 Å². The average molecular weight is 308 g/mol. The third kappa shape index (κ3) is 2.97. The van der Waals surface area contributed by atoms with Gasteiger partial charge < -0.3 is 4.74 Å². The van der Waals surface area contributed by atoms with Crippen molar-refractivity contribution in [3.8, 4) is 0 Å². The van der Waals surface area contributed by atoms with E-state index in [1.807, 2.05) is 58.2 Å². The average Bonchev–Trinajstić information content (AvgIpc) is 2.81. The van der Waals surface area contributed by atoms with Crippen LogP contribution in [-0.4, -0.2) is 15.4 Å². The molecule has 118 valence electrons. The van der Waals surface area contributed by atoms with E-state index in [4.69, 9.17) is 4.74 Å². The molecule has 0 aliphatic rings. The predicted molar refractivity (Wildman–Crippen MR) is 89.7 cm³/mol. The molecule has 0 amide bonds. The molecule has 4 nitrogen and oxygen atoms in total. The zero-order valence-electron chi connectivity index (χ0n) is 13.9. The summed E-state index contributed by atoms with van der Waals surface area (Å²) in [5.74, 6) is -0.348. The second kappa shape index (κ2) is 5.88. The van der Waals surface area contributed by atoms with Gasteiger partial charge in [-0.25, -0.2) is 9.78 Å². The number of hydrogen-bond acceptors (Lipinski definition) is 3. The Labute approximate surface area is 135 Å². The summed E-state index contributed by atoms with van der Waals surface area (Å²) in [5, 5.41) is 0. The van der Waals surface area contributed by atoms with Crippen LogP contribution in [0.3, 0.4) is 0 Å². The van der Waals surface area contributed by atoms with E-state index in [9.17, 15) is 4.79 Å². The van der Waals surface area contributed by atoms with E-state index in [1.165, 1.54) is 5.56 Å². The zero-order valence-corrected chi connectivity index (χ0v) is 13.9. The molecule has 0 fully saturated rings. The highest BCUT2D eigenvalue weighted by Gasteiger charge is 2.18. The van der Waals surface area contributed by atoms with E-state index in [2.05, 4.69) is 11.1 Å². The highest BCUT2D eigenvalue weighted by Crippen LogP contribution is 2.17. The molecule has 0 aliphatic carbocycles. The van der Waals surface area contributed by atoms with Crippen molar-refractivity contribution in [1.82, 2.24) is 9.38 Å². The zero-order chi connectivity index (χ0) is 16.6. The summed E-state index contributed by atoms with van der Waals surface area (Å²) < 4.78 is 7.30. The molecule has 3 rings (SSSR count). The molecule has 0 saturated carbocycles. The van der Waals surface area contributed by atoms with Crippen LogP contribution in [0.4, 0.5) is 0 Å². The molecule has 23 heavy (non-hydrogen) atoms. The predicted octanol–water partition coefficient (Wildman–Crippen LogP) is 3.92. The number of ether oxygens (including phenoxy) is 1. The largest absolute Gasteiger partial charge is 0.456 e. The summed E-state index contributed by atoms with van der Waals surface area (Å²) in [4.78, 5) is 16.9. The minimum atomic E-state index is -0.348. The van der Waals surface area contributed by atoms with Crippen molar-refractivity contribution >= 4 is 11.6 Å². The van der Waals surface area contributed by atoms with Crippen molar-refractivity contribution in [3.05, 3.63) is 70.2 Å². The van der Waals surface area contributed by atoms with Crippen molar-refractivity contribution in [2.24, 2.45) is 0 Å². The molecular formula is C19H20N2O2. The maximum absolute atomic E-state index is 12.5. The molecule has 0 radical (unpaired) electrons. The molecule has 0 atom stereocenters. The van der Waals surface area contributed by atoms with Gasteiger partial charge in [-0.15, -0.1) is 0 Å². The summed E-state index contributed by atoms with van der Waals surface area (Å²) in [6, 6.07) is 10.0. The fourth-order valence-corrected chi connectivity index (χ4v) is 2.73. The number of carbonyl (C=O) groups is 1. The topological polar surface area (TPSA) is 43.6 Å². The van der Waals surface area contributed by atoms with Gasteiger partial charge in [-0.2, -0.15) is 0 Å². The van der Waals surface area contributed by atoms with Gasteiger partial charge in [0.1, 0.15) is 12.3 Å². The number of imidazole rings is 1. The first-order valence-electron chi connectivity index (χ1n) is 7.64. The van der Waals surface area contributed by atoms with E-state index in [-0.39, 0.29) is 12.6 Å². The van der Waals surface area contributed by atoms with Gasteiger partial charge in [0.15, 0.2) is 5.69 Å². The van der Waals surface area contributed by atoms with E-state index in [0.717, 1.165) is 22.3 Å². The first-order valence-corrected chi connectivity index (χ1v) is 7.64. The normalized spacial score (nSPS) is 11.0. The molecule has 0 aliphatic heterocycles. The van der Waals surface area contributed by atoms with Crippen LogP contribution in [0.5, 0.6) is 0 Å². The van der Waals surface area contributed by atoms with Crippen molar-refractivity contribution in [3.63, 3.8) is 0 Å². The fraction of sp³-hybridized carbons (Fsp3) is 0.263. The molecule has 0 N–H and O–H groups in total. The monoisotopic (exact) mass is 308 g/mol. The molecule has 0 bridgehead atoms. The lowest BCUT2D eigenvalue weighted by Gasteiger charge is -2.09. The molecule has 3 aromatic rings. The number of carbonyl (C=O) groups excluding carboxylic acids is 1. The number of aryl methyl sites for hydroxylation is 4. The Morgan fingerprint density at radius 1 is 1.09 bits per heavy atom. The van der Waals surface area contributed by atoms with Crippen LogP contribution >= 0.6 is 0 Å². The highest BCUT2D eigenvalue weighted by atomic mass is 16.5. The number of rotatable bonds is 3. The second-order valence-electron chi connectivity index (χ2n) is 5.98. The Morgan fingerprint density at radius 2 is 1.83 bits per heavy atom. The summed E-state index contributed by atoms with van der Waals surface area (Å²) in [5.41, 5.74) is 6.39. The van der Waals surface area contributed by atoms with Crippen molar-refractivity contribution in [2.75, 3.05) is 0 Å². The number of esters is 1. The lowest BCUT2D eigenvalue weighted by Crippen LogP contribution is -2.10. The van der Waals surface area contributed by atoms with E-state index >= 15 is 0 Å². The standard InChI is InChI=1S/C19H20N2O2/c1-12-5-6-16(14(3)9-12)11-23-19(22)18-15(4)20-17-10-13(2)7-8-21(17)18/h5-10H,11H2,1-4H3. The Kier molecular flexibility index (Phi) is 3.90. The van der Waals surface area contributed by atoms with E-state index in [1.54, 1.807) is 4.40 Å². The third-order valence-corrected chi connectivity index (χ3v) is 4.01. The van der Waals surface area contributed by atoms with Crippen LogP contribution in [0.2, 0.25) is 0 Å². The van der Waals surface area contributed by atoms with Gasteiger partial charge in [0.05, 0.1) is 5.69 Å². The van der Waals surface area contributed by atoms with Crippen LogP contribution < -0.4 is 0 Å². The van der Waals surface area contributed by atoms with Gasteiger partial charge in [0.2, 0.25) is 0 Å². The Morgan fingerprint density at radius 3 is 2.57 bits per heavy atom. The maximum atomic E-state index is 12.5. The first kappa shape index (κ1) is 15.3. The molecular weight excluding hydrogens is 288 g/mol. The number of benzene rings is 1. The van der Waals surface area contributed by atoms with Crippen molar-refractivity contribution in [2.45, 2.75) is 34.3 Å². The number of aromatic nitrogens is 2. The van der Waals surface area contributed by atoms with Crippen LogP contribution in [0.1, 0.15) is 38.4 Å². The summed E-state index contributed by atoms with van der Waals surface area (Å²) >= 11 is 0. The van der Waals surface area contributed by atoms with Crippen LogP contribution in [0.25, 0.3) is 5.65 Å². The van der Waals surface area contributed by atoms with Gasteiger partial charge in [-0.1, -0.05) is 23.8 Å². The quantitative estimate of drug-likeness (QED) is 0.689. The van der Waals surface area contributed by atoms with Crippen molar-refractivity contribution in [1.29, 1.82) is 0 Å². The van der Waals surface area contributed by atoms with Crippen LogP contribution in [0.15, 0.2) is 36.5 Å². The minimum Gasteiger partial charge on any atom is -0.456 e. The number of nitrogens with zero attached hydrogens (tertiary/aromatic N) is 2. The lowest BCUT2D eigenvalue weighted by atomic mass is 10.1. The highest BCUT2D eigenvalue weighted by molar-refractivity contribution is 5.90. The first-order chi connectivity index (χ1) is 11.0. The molecule has 2 heterocycles. The molecule has 4 heteroatoms.